The third kappa shape index (κ3) is 3.48. The second kappa shape index (κ2) is 4.74. The van der Waals surface area contributed by atoms with Crippen molar-refractivity contribution in [2.24, 2.45) is 16.6 Å². The van der Waals surface area contributed by atoms with E-state index in [-0.39, 0.29) is 5.91 Å². The first-order chi connectivity index (χ1) is 7.27. The van der Waals surface area contributed by atoms with Gasteiger partial charge in [0.2, 0.25) is 5.91 Å². The van der Waals surface area contributed by atoms with Crippen LogP contribution in [0.3, 0.4) is 0 Å². The van der Waals surface area contributed by atoms with E-state index in [4.69, 9.17) is 5.73 Å². The van der Waals surface area contributed by atoms with Gasteiger partial charge in [-0.1, -0.05) is 13.8 Å². The summed E-state index contributed by atoms with van der Waals surface area (Å²) in [5.41, 5.74) is 5.61. The maximum Gasteiger partial charge on any atom is 0.227 e. The van der Waals surface area contributed by atoms with Gasteiger partial charge in [0.25, 0.3) is 0 Å². The van der Waals surface area contributed by atoms with Crippen LogP contribution in [0.15, 0.2) is 0 Å². The fourth-order valence-corrected chi connectivity index (χ4v) is 2.02. The van der Waals surface area contributed by atoms with E-state index in [9.17, 15) is 4.79 Å². The second-order valence-electron chi connectivity index (χ2n) is 6.50. The van der Waals surface area contributed by atoms with Gasteiger partial charge in [0.15, 0.2) is 0 Å². The van der Waals surface area contributed by atoms with Gasteiger partial charge >= 0.3 is 0 Å². The van der Waals surface area contributed by atoms with Gasteiger partial charge in [-0.15, -0.1) is 0 Å². The largest absolute Gasteiger partial charge is 0.353 e. The molecule has 3 N–H and O–H groups in total. The molecule has 0 spiro atoms. The van der Waals surface area contributed by atoms with E-state index in [1.54, 1.807) is 0 Å². The van der Waals surface area contributed by atoms with E-state index in [1.165, 1.54) is 12.8 Å². The van der Waals surface area contributed by atoms with Crippen LogP contribution in [0.5, 0.6) is 0 Å². The van der Waals surface area contributed by atoms with Crippen molar-refractivity contribution >= 4 is 5.91 Å². The van der Waals surface area contributed by atoms with E-state index in [2.05, 4.69) is 19.2 Å². The fourth-order valence-electron chi connectivity index (χ4n) is 2.02. The molecule has 0 bridgehead atoms. The first-order valence-electron chi connectivity index (χ1n) is 6.28. The van der Waals surface area contributed by atoms with E-state index >= 15 is 0 Å². The van der Waals surface area contributed by atoms with E-state index in [1.807, 2.05) is 13.8 Å². The zero-order valence-corrected chi connectivity index (χ0v) is 11.1. The fraction of sp³-hybridized carbons (Fsp3) is 0.923. The molecule has 3 heteroatoms. The van der Waals surface area contributed by atoms with Crippen LogP contribution in [0.4, 0.5) is 0 Å². The lowest BCUT2D eigenvalue weighted by Gasteiger charge is -2.36. The molecule has 0 unspecified atom stereocenters. The molecule has 1 aliphatic rings. The Labute approximate surface area is 99.2 Å². The molecule has 0 aromatic carbocycles. The molecule has 0 atom stereocenters. The average molecular weight is 226 g/mol. The molecule has 0 heterocycles. The molecule has 3 nitrogen and oxygen atoms in total. The topological polar surface area (TPSA) is 55.1 Å². The molecule has 94 valence electrons. The van der Waals surface area contributed by atoms with Crippen LogP contribution >= 0.6 is 0 Å². The number of carbonyl (C=O) groups excluding carboxylic acids is 1. The van der Waals surface area contributed by atoms with Gasteiger partial charge in [0, 0.05) is 12.6 Å². The molecular formula is C13H26N2O. The van der Waals surface area contributed by atoms with Crippen molar-refractivity contribution in [3.8, 4) is 0 Å². The second-order valence-corrected chi connectivity index (χ2v) is 6.50. The number of carbonyl (C=O) groups is 1. The molecule has 16 heavy (non-hydrogen) atoms. The van der Waals surface area contributed by atoms with Gasteiger partial charge in [0.05, 0.1) is 5.41 Å². The molecule has 0 aliphatic heterocycles. The van der Waals surface area contributed by atoms with Crippen LogP contribution in [0, 0.1) is 10.8 Å². The van der Waals surface area contributed by atoms with Crippen molar-refractivity contribution in [3.05, 3.63) is 0 Å². The Balaban J connectivity index is 2.43. The summed E-state index contributed by atoms with van der Waals surface area (Å²) in [4.78, 5) is 11.9. The number of hydrogen-bond donors (Lipinski definition) is 2. The Morgan fingerprint density at radius 2 is 1.88 bits per heavy atom. The van der Waals surface area contributed by atoms with Crippen LogP contribution < -0.4 is 11.1 Å². The highest BCUT2D eigenvalue weighted by Gasteiger charge is 2.31. The molecule has 0 aromatic heterocycles. The third-order valence-corrected chi connectivity index (χ3v) is 3.80. The normalized spacial score (nSPS) is 21.8. The lowest BCUT2D eigenvalue weighted by Crippen LogP contribution is -2.47. The maximum atomic E-state index is 11.9. The molecule has 1 fully saturated rings. The third-order valence-electron chi connectivity index (χ3n) is 3.80. The summed E-state index contributed by atoms with van der Waals surface area (Å²) in [6.45, 7) is 8.80. The lowest BCUT2D eigenvalue weighted by atomic mass is 9.75. The molecule has 1 amide bonds. The Morgan fingerprint density at radius 3 is 2.31 bits per heavy atom. The number of amides is 1. The van der Waals surface area contributed by atoms with Gasteiger partial charge < -0.3 is 11.1 Å². The minimum Gasteiger partial charge on any atom is -0.353 e. The zero-order chi connectivity index (χ0) is 12.4. The summed E-state index contributed by atoms with van der Waals surface area (Å²) >= 11 is 0. The molecular weight excluding hydrogens is 200 g/mol. The van der Waals surface area contributed by atoms with E-state index < -0.39 is 5.41 Å². The van der Waals surface area contributed by atoms with Gasteiger partial charge in [-0.3, -0.25) is 4.79 Å². The molecule has 1 aliphatic carbocycles. The van der Waals surface area contributed by atoms with Gasteiger partial charge in [-0.05, 0) is 44.9 Å². The predicted octanol–water partition coefficient (Wildman–Crippen LogP) is 2.06. The summed E-state index contributed by atoms with van der Waals surface area (Å²) in [6, 6.07) is 0.353. The Morgan fingerprint density at radius 1 is 1.38 bits per heavy atom. The molecule has 0 aromatic rings. The number of nitrogens with two attached hydrogens (primary N) is 1. The maximum absolute atomic E-state index is 11.9. The molecule has 0 saturated heterocycles. The van der Waals surface area contributed by atoms with Crippen LogP contribution in [0.2, 0.25) is 0 Å². The number of rotatable bonds is 3. The van der Waals surface area contributed by atoms with Gasteiger partial charge in [-0.25, -0.2) is 0 Å². The predicted molar refractivity (Wildman–Crippen MR) is 67.0 cm³/mol. The average Bonchev–Trinajstić information content (AvgIpc) is 2.21. The van der Waals surface area contributed by atoms with Crippen LogP contribution in [-0.4, -0.2) is 18.5 Å². The SMILES string of the molecule is CC1(C)CCC(NC(=O)C(C)(C)CN)CC1. The van der Waals surface area contributed by atoms with Crippen LogP contribution in [-0.2, 0) is 4.79 Å². The zero-order valence-electron chi connectivity index (χ0n) is 11.1. The van der Waals surface area contributed by atoms with Crippen molar-refractivity contribution in [1.82, 2.24) is 5.32 Å². The van der Waals surface area contributed by atoms with Crippen molar-refractivity contribution < 1.29 is 4.79 Å². The monoisotopic (exact) mass is 226 g/mol. The Hall–Kier alpha value is -0.570. The summed E-state index contributed by atoms with van der Waals surface area (Å²) in [6.07, 6.45) is 4.58. The smallest absolute Gasteiger partial charge is 0.227 e. The van der Waals surface area contributed by atoms with E-state index in [0.717, 1.165) is 12.8 Å². The van der Waals surface area contributed by atoms with Crippen LogP contribution in [0.1, 0.15) is 53.4 Å². The van der Waals surface area contributed by atoms with Crippen molar-refractivity contribution in [2.75, 3.05) is 6.54 Å². The molecule has 0 radical (unpaired) electrons. The molecule has 1 saturated carbocycles. The number of hydrogen-bond acceptors (Lipinski definition) is 2. The minimum atomic E-state index is -0.438. The van der Waals surface area contributed by atoms with E-state index in [0.29, 0.717) is 18.0 Å². The van der Waals surface area contributed by atoms with Crippen LogP contribution in [0.25, 0.3) is 0 Å². The highest BCUT2D eigenvalue weighted by molar-refractivity contribution is 5.82. The van der Waals surface area contributed by atoms with Crippen molar-refractivity contribution in [1.29, 1.82) is 0 Å². The highest BCUT2D eigenvalue weighted by Crippen LogP contribution is 2.35. The minimum absolute atomic E-state index is 0.0970. The van der Waals surface area contributed by atoms with Gasteiger partial charge in [-0.2, -0.15) is 0 Å². The first kappa shape index (κ1) is 13.5. The summed E-state index contributed by atoms with van der Waals surface area (Å²) < 4.78 is 0. The number of nitrogens with one attached hydrogen (secondary N) is 1. The Kier molecular flexibility index (Phi) is 4.00. The van der Waals surface area contributed by atoms with Crippen molar-refractivity contribution in [2.45, 2.75) is 59.4 Å². The quantitative estimate of drug-likeness (QED) is 0.774. The first-order valence-corrected chi connectivity index (χ1v) is 6.28. The molecule has 1 rings (SSSR count). The summed E-state index contributed by atoms with van der Waals surface area (Å²) in [7, 11) is 0. The Bertz CT molecular complexity index is 249. The van der Waals surface area contributed by atoms with Crippen molar-refractivity contribution in [3.63, 3.8) is 0 Å². The lowest BCUT2D eigenvalue weighted by molar-refractivity contribution is -0.130. The standard InChI is InChI=1S/C13H26N2O/c1-12(2)7-5-10(6-8-12)15-11(16)13(3,4)9-14/h10H,5-9,14H2,1-4H3,(H,15,16). The summed E-state index contributed by atoms with van der Waals surface area (Å²) in [5.74, 6) is 0.0970. The highest BCUT2D eigenvalue weighted by atomic mass is 16.2. The van der Waals surface area contributed by atoms with Gasteiger partial charge in [0.1, 0.15) is 0 Å². The summed E-state index contributed by atoms with van der Waals surface area (Å²) in [5, 5.41) is 3.13.